The average molecular weight is 574 g/mol. The first-order valence-electron chi connectivity index (χ1n) is 12.7. The van der Waals surface area contributed by atoms with Crippen molar-refractivity contribution in [1.29, 1.82) is 0 Å². The third-order valence-electron chi connectivity index (χ3n) is 7.84. The van der Waals surface area contributed by atoms with E-state index in [4.69, 9.17) is 14.2 Å². The Labute approximate surface area is 236 Å². The Bertz CT molecular complexity index is 1830. The molecule has 8 N–H and O–H groups in total. The summed E-state index contributed by atoms with van der Waals surface area (Å²) in [6.07, 6.45) is -4.18. The normalized spacial score (nSPS) is 23.5. The molecule has 3 aliphatic rings. The molecular formula is C30H22O12. The van der Waals surface area contributed by atoms with Gasteiger partial charge in [0.1, 0.15) is 63.1 Å². The van der Waals surface area contributed by atoms with Crippen molar-refractivity contribution in [2.24, 2.45) is 0 Å². The molecule has 0 amide bonds. The number of ketones is 1. The maximum Gasteiger partial charge on any atom is 0.244 e. The first-order valence-corrected chi connectivity index (χ1v) is 12.7. The highest BCUT2D eigenvalue weighted by molar-refractivity contribution is 6.12. The Morgan fingerprint density at radius 2 is 1.33 bits per heavy atom. The number of carbonyl (C=O) groups is 1. The summed E-state index contributed by atoms with van der Waals surface area (Å²) < 4.78 is 18.6. The van der Waals surface area contributed by atoms with E-state index in [1.807, 2.05) is 0 Å². The molecule has 42 heavy (non-hydrogen) atoms. The van der Waals surface area contributed by atoms with E-state index in [1.54, 1.807) is 0 Å². The molecule has 4 atom stereocenters. The molecule has 12 nitrogen and oxygen atoms in total. The quantitative estimate of drug-likeness (QED) is 0.174. The Hall–Kier alpha value is -5.49. The molecule has 0 saturated heterocycles. The summed E-state index contributed by atoms with van der Waals surface area (Å²) in [6.45, 7) is 0. The van der Waals surface area contributed by atoms with Crippen molar-refractivity contribution in [3.05, 3.63) is 82.4 Å². The second-order valence-corrected chi connectivity index (χ2v) is 10.4. The smallest absolute Gasteiger partial charge is 0.244 e. The number of aliphatic hydroxyl groups is 1. The number of benzene rings is 4. The van der Waals surface area contributed by atoms with E-state index in [0.717, 1.165) is 24.3 Å². The van der Waals surface area contributed by atoms with Crippen LogP contribution < -0.4 is 14.2 Å². The summed E-state index contributed by atoms with van der Waals surface area (Å²) in [5, 5.41) is 83.7. The zero-order valence-electron chi connectivity index (χ0n) is 21.3. The van der Waals surface area contributed by atoms with Gasteiger partial charge in [-0.15, -0.1) is 0 Å². The minimum absolute atomic E-state index is 0.00526. The van der Waals surface area contributed by atoms with Gasteiger partial charge in [0.2, 0.25) is 11.4 Å². The molecule has 4 aromatic carbocycles. The van der Waals surface area contributed by atoms with E-state index in [0.29, 0.717) is 0 Å². The van der Waals surface area contributed by atoms with Crippen molar-refractivity contribution in [1.82, 2.24) is 0 Å². The number of rotatable bonds is 2. The average Bonchev–Trinajstić information content (AvgIpc) is 3.38. The fourth-order valence-electron chi connectivity index (χ4n) is 6.01. The molecule has 0 saturated carbocycles. The zero-order chi connectivity index (χ0) is 29.7. The molecule has 12 heteroatoms. The summed E-state index contributed by atoms with van der Waals surface area (Å²) in [6, 6.07) is 10.6. The van der Waals surface area contributed by atoms with Crippen molar-refractivity contribution in [3.8, 4) is 57.5 Å². The Morgan fingerprint density at radius 1 is 0.690 bits per heavy atom. The van der Waals surface area contributed by atoms with Gasteiger partial charge in [-0.2, -0.15) is 0 Å². The second kappa shape index (κ2) is 8.51. The fourth-order valence-corrected chi connectivity index (χ4v) is 6.01. The van der Waals surface area contributed by atoms with Crippen molar-refractivity contribution < 1.29 is 59.9 Å². The second-order valence-electron chi connectivity index (χ2n) is 10.4. The topological polar surface area (TPSA) is 207 Å². The number of carbonyl (C=O) groups excluding carboxylic acids is 1. The molecule has 0 radical (unpaired) electrons. The van der Waals surface area contributed by atoms with Crippen LogP contribution in [0.25, 0.3) is 0 Å². The molecule has 0 unspecified atom stereocenters. The molecular weight excluding hydrogens is 552 g/mol. The maximum absolute atomic E-state index is 14.3. The first-order chi connectivity index (χ1) is 20.0. The van der Waals surface area contributed by atoms with Crippen LogP contribution in [-0.4, -0.2) is 52.7 Å². The highest BCUT2D eigenvalue weighted by Gasteiger charge is 2.65. The molecule has 3 aliphatic heterocycles. The molecule has 0 aliphatic carbocycles. The van der Waals surface area contributed by atoms with Gasteiger partial charge in [-0.25, -0.2) is 0 Å². The Kier molecular flexibility index (Phi) is 5.16. The van der Waals surface area contributed by atoms with Crippen LogP contribution >= 0.6 is 0 Å². The van der Waals surface area contributed by atoms with Crippen molar-refractivity contribution in [2.75, 3.05) is 0 Å². The van der Waals surface area contributed by atoms with Gasteiger partial charge in [0.05, 0.1) is 11.7 Å². The SMILES string of the molecule is O=C1c2c(O)cc(O)cc2O[C@@]12c1c(cc(O)c3c1O[C@H](c1ccc(O)cc1O)[C@@H](O)C3)O[C@@H]2c1ccc(O)cc1O. The van der Waals surface area contributed by atoms with E-state index in [2.05, 4.69) is 0 Å². The predicted octanol–water partition coefficient (Wildman–Crippen LogP) is 3.27. The van der Waals surface area contributed by atoms with E-state index < -0.39 is 46.9 Å². The minimum Gasteiger partial charge on any atom is -0.508 e. The van der Waals surface area contributed by atoms with E-state index in [9.17, 15) is 45.6 Å². The number of aromatic hydroxyl groups is 7. The van der Waals surface area contributed by atoms with Gasteiger partial charge in [0, 0.05) is 53.4 Å². The lowest BCUT2D eigenvalue weighted by atomic mass is 9.79. The summed E-state index contributed by atoms with van der Waals surface area (Å²) in [4.78, 5) is 14.3. The number of hydrogen-bond donors (Lipinski definition) is 8. The van der Waals surface area contributed by atoms with Gasteiger partial charge >= 0.3 is 0 Å². The lowest BCUT2D eigenvalue weighted by molar-refractivity contribution is -0.00217. The van der Waals surface area contributed by atoms with Crippen LogP contribution in [0.15, 0.2) is 54.6 Å². The van der Waals surface area contributed by atoms with Crippen LogP contribution in [0.2, 0.25) is 0 Å². The molecule has 7 rings (SSSR count). The van der Waals surface area contributed by atoms with Crippen LogP contribution in [0.5, 0.6) is 57.5 Å². The summed E-state index contributed by atoms with van der Waals surface area (Å²) in [5.41, 5.74) is -2.31. The van der Waals surface area contributed by atoms with Crippen LogP contribution in [0.3, 0.4) is 0 Å². The largest absolute Gasteiger partial charge is 0.508 e. The summed E-state index contributed by atoms with van der Waals surface area (Å²) in [5.74, 6) is -3.85. The van der Waals surface area contributed by atoms with Gasteiger partial charge in [0.15, 0.2) is 12.2 Å². The minimum atomic E-state index is -2.20. The van der Waals surface area contributed by atoms with Crippen LogP contribution in [0.4, 0.5) is 0 Å². The van der Waals surface area contributed by atoms with Gasteiger partial charge in [-0.05, 0) is 24.3 Å². The molecule has 0 aromatic heterocycles. The number of phenolic OH excluding ortho intramolecular Hbond substituents is 7. The molecule has 3 heterocycles. The first kappa shape index (κ1) is 25.5. The standard InChI is InChI=1S/C30H22O12/c31-11-1-3-14(17(34)5-11)26-21(38)9-16-19(36)10-23-25(27(16)41-26)30(29(40-23)15-4-2-12(32)6-18(15)35)28(39)24-20(37)7-13(33)8-22(24)42-30/h1-8,10,21,26,29,31-38H,9H2/t21-,26+,29+,30-/m0/s1. The highest BCUT2D eigenvalue weighted by atomic mass is 16.6. The highest BCUT2D eigenvalue weighted by Crippen LogP contribution is 2.64. The predicted molar refractivity (Wildman–Crippen MR) is 141 cm³/mol. The number of hydrogen-bond acceptors (Lipinski definition) is 12. The maximum atomic E-state index is 14.3. The van der Waals surface area contributed by atoms with E-state index in [-0.39, 0.29) is 74.5 Å². The summed E-state index contributed by atoms with van der Waals surface area (Å²) >= 11 is 0. The lowest BCUT2D eigenvalue weighted by Crippen LogP contribution is -2.42. The van der Waals surface area contributed by atoms with Crippen LogP contribution in [0, 0.1) is 0 Å². The number of ether oxygens (including phenoxy) is 3. The zero-order valence-corrected chi connectivity index (χ0v) is 21.3. The molecule has 0 fully saturated rings. The number of aliphatic hydroxyl groups excluding tert-OH is 1. The third kappa shape index (κ3) is 3.35. The Balaban J connectivity index is 1.48. The van der Waals surface area contributed by atoms with E-state index >= 15 is 0 Å². The van der Waals surface area contributed by atoms with Gasteiger partial charge in [0.25, 0.3) is 0 Å². The number of fused-ring (bicyclic) bond motifs is 5. The van der Waals surface area contributed by atoms with Crippen molar-refractivity contribution in [2.45, 2.75) is 30.3 Å². The van der Waals surface area contributed by atoms with Crippen LogP contribution in [0.1, 0.15) is 44.8 Å². The summed E-state index contributed by atoms with van der Waals surface area (Å²) in [7, 11) is 0. The van der Waals surface area contributed by atoms with Crippen LogP contribution in [-0.2, 0) is 12.0 Å². The Morgan fingerprint density at radius 3 is 2.00 bits per heavy atom. The molecule has 1 spiro atoms. The molecule has 0 bridgehead atoms. The van der Waals surface area contributed by atoms with Gasteiger partial charge < -0.3 is 55.1 Å². The van der Waals surface area contributed by atoms with E-state index in [1.165, 1.54) is 30.3 Å². The molecule has 214 valence electrons. The number of Topliss-reactive ketones (excluding diaryl/α,β-unsaturated/α-hetero) is 1. The van der Waals surface area contributed by atoms with Gasteiger partial charge in [-0.1, -0.05) is 0 Å². The third-order valence-corrected chi connectivity index (χ3v) is 7.84. The monoisotopic (exact) mass is 574 g/mol. The fraction of sp³-hybridized carbons (Fsp3) is 0.167. The van der Waals surface area contributed by atoms with Crippen molar-refractivity contribution in [3.63, 3.8) is 0 Å². The molecule has 4 aromatic rings. The van der Waals surface area contributed by atoms with Gasteiger partial charge in [-0.3, -0.25) is 4.79 Å². The lowest BCUT2D eigenvalue weighted by Gasteiger charge is -2.35. The van der Waals surface area contributed by atoms with Crippen molar-refractivity contribution >= 4 is 5.78 Å². The number of phenols is 7.